The van der Waals surface area contributed by atoms with Crippen LogP contribution < -0.4 is 10.6 Å². The first-order valence-corrected chi connectivity index (χ1v) is 9.45. The van der Waals surface area contributed by atoms with Crippen LogP contribution in [-0.4, -0.2) is 60.9 Å². The van der Waals surface area contributed by atoms with Crippen LogP contribution in [0.1, 0.15) is 25.3 Å². The number of benzene rings is 1. The second-order valence-electron chi connectivity index (χ2n) is 6.45. The summed E-state index contributed by atoms with van der Waals surface area (Å²) in [6.07, 6.45) is 7.19. The van der Waals surface area contributed by atoms with Gasteiger partial charge in [0.25, 0.3) is 0 Å². The zero-order valence-corrected chi connectivity index (χ0v) is 16.3. The van der Waals surface area contributed by atoms with Crippen LogP contribution in [0, 0.1) is 0 Å². The standard InChI is InChI=1S/C20H32N6/c1-4-5-15-25(3)17-14-23-20(21-2)22-13-11-18-7-9-19(10-8-18)26-16-6-12-24-26/h6-10,12,16H,4-5,11,13-15,17H2,1-3H3,(H2,21,22,23). The van der Waals surface area contributed by atoms with Crippen molar-refractivity contribution in [1.29, 1.82) is 0 Å². The van der Waals surface area contributed by atoms with E-state index in [1.165, 1.54) is 18.4 Å². The number of likely N-dealkylation sites (N-methyl/N-ethyl adjacent to an activating group) is 1. The first kappa shape index (κ1) is 20.0. The fraction of sp³-hybridized carbons (Fsp3) is 0.500. The molecule has 6 heteroatoms. The first-order chi connectivity index (χ1) is 12.7. The molecule has 0 unspecified atom stereocenters. The number of nitrogens with one attached hydrogen (secondary N) is 2. The highest BCUT2D eigenvalue weighted by atomic mass is 15.3. The highest BCUT2D eigenvalue weighted by Gasteiger charge is 2.01. The lowest BCUT2D eigenvalue weighted by atomic mass is 10.1. The summed E-state index contributed by atoms with van der Waals surface area (Å²) in [6.45, 7) is 6.15. The molecule has 6 nitrogen and oxygen atoms in total. The minimum absolute atomic E-state index is 0.854. The van der Waals surface area contributed by atoms with E-state index >= 15 is 0 Å². The van der Waals surface area contributed by atoms with Crippen LogP contribution in [0.25, 0.3) is 5.69 Å². The molecule has 0 aliphatic carbocycles. The van der Waals surface area contributed by atoms with Gasteiger partial charge in [-0.25, -0.2) is 4.68 Å². The molecule has 2 N–H and O–H groups in total. The van der Waals surface area contributed by atoms with E-state index in [4.69, 9.17) is 0 Å². The smallest absolute Gasteiger partial charge is 0.191 e. The van der Waals surface area contributed by atoms with Crippen LogP contribution in [-0.2, 0) is 6.42 Å². The molecular formula is C20H32N6. The van der Waals surface area contributed by atoms with E-state index in [-0.39, 0.29) is 0 Å². The third-order valence-electron chi connectivity index (χ3n) is 4.31. The SMILES string of the molecule is CCCCN(C)CCNC(=NC)NCCc1ccc(-n2cccn2)cc1. The molecule has 0 saturated heterocycles. The second-order valence-corrected chi connectivity index (χ2v) is 6.45. The third-order valence-corrected chi connectivity index (χ3v) is 4.31. The molecule has 0 saturated carbocycles. The molecule has 142 valence electrons. The van der Waals surface area contributed by atoms with Gasteiger partial charge in [0.1, 0.15) is 0 Å². The van der Waals surface area contributed by atoms with Crippen LogP contribution in [0.4, 0.5) is 0 Å². The Balaban J connectivity index is 1.67. The first-order valence-electron chi connectivity index (χ1n) is 9.45. The molecule has 2 aromatic rings. The second kappa shape index (κ2) is 11.3. The maximum atomic E-state index is 4.29. The molecule has 0 amide bonds. The minimum Gasteiger partial charge on any atom is -0.356 e. The van der Waals surface area contributed by atoms with E-state index < -0.39 is 0 Å². The maximum Gasteiger partial charge on any atom is 0.191 e. The van der Waals surface area contributed by atoms with Gasteiger partial charge in [-0.05, 0) is 50.2 Å². The van der Waals surface area contributed by atoms with Crippen molar-refractivity contribution in [2.45, 2.75) is 26.2 Å². The van der Waals surface area contributed by atoms with Gasteiger partial charge in [0.05, 0.1) is 5.69 Å². The zero-order valence-electron chi connectivity index (χ0n) is 16.3. The van der Waals surface area contributed by atoms with E-state index in [0.29, 0.717) is 0 Å². The summed E-state index contributed by atoms with van der Waals surface area (Å²) in [6, 6.07) is 10.4. The summed E-state index contributed by atoms with van der Waals surface area (Å²) >= 11 is 0. The average molecular weight is 357 g/mol. The minimum atomic E-state index is 0.854. The molecule has 2 rings (SSSR count). The Morgan fingerprint density at radius 3 is 2.58 bits per heavy atom. The van der Waals surface area contributed by atoms with E-state index in [2.05, 4.69) is 63.9 Å². The Morgan fingerprint density at radius 1 is 1.15 bits per heavy atom. The highest BCUT2D eigenvalue weighted by Crippen LogP contribution is 2.08. The van der Waals surface area contributed by atoms with E-state index in [9.17, 15) is 0 Å². The van der Waals surface area contributed by atoms with Crippen molar-refractivity contribution in [3.63, 3.8) is 0 Å². The van der Waals surface area contributed by atoms with Crippen LogP contribution >= 0.6 is 0 Å². The van der Waals surface area contributed by atoms with E-state index in [1.807, 2.05) is 24.0 Å². The van der Waals surface area contributed by atoms with Crippen LogP contribution in [0.15, 0.2) is 47.7 Å². The van der Waals surface area contributed by atoms with Crippen molar-refractivity contribution < 1.29 is 0 Å². The Bertz CT molecular complexity index is 633. The van der Waals surface area contributed by atoms with Gasteiger partial charge in [-0.3, -0.25) is 4.99 Å². The molecule has 0 aliphatic rings. The van der Waals surface area contributed by atoms with E-state index in [0.717, 1.165) is 44.2 Å². The summed E-state index contributed by atoms with van der Waals surface area (Å²) in [5.41, 5.74) is 2.37. The Labute approximate surface area is 157 Å². The summed E-state index contributed by atoms with van der Waals surface area (Å²) in [5, 5.41) is 11.0. The normalized spacial score (nSPS) is 11.8. The molecule has 26 heavy (non-hydrogen) atoms. The van der Waals surface area contributed by atoms with Crippen molar-refractivity contribution in [1.82, 2.24) is 25.3 Å². The molecule has 1 aromatic carbocycles. The molecule has 1 aromatic heterocycles. The van der Waals surface area contributed by atoms with Crippen molar-refractivity contribution in [2.24, 2.45) is 4.99 Å². The number of hydrogen-bond donors (Lipinski definition) is 2. The third kappa shape index (κ3) is 6.88. The average Bonchev–Trinajstić information content (AvgIpc) is 3.20. The fourth-order valence-electron chi connectivity index (χ4n) is 2.69. The number of rotatable bonds is 10. The molecule has 0 atom stereocenters. The summed E-state index contributed by atoms with van der Waals surface area (Å²) in [5.74, 6) is 0.863. The Hall–Kier alpha value is -2.34. The number of nitrogens with zero attached hydrogens (tertiary/aromatic N) is 4. The molecule has 0 fully saturated rings. The Morgan fingerprint density at radius 2 is 1.92 bits per heavy atom. The highest BCUT2D eigenvalue weighted by molar-refractivity contribution is 5.79. The summed E-state index contributed by atoms with van der Waals surface area (Å²) in [4.78, 5) is 6.64. The van der Waals surface area contributed by atoms with Crippen molar-refractivity contribution in [3.05, 3.63) is 48.3 Å². The largest absolute Gasteiger partial charge is 0.356 e. The quantitative estimate of drug-likeness (QED) is 0.507. The van der Waals surface area contributed by atoms with Crippen LogP contribution in [0.5, 0.6) is 0 Å². The predicted octanol–water partition coefficient (Wildman–Crippen LogP) is 2.31. The summed E-state index contributed by atoms with van der Waals surface area (Å²) < 4.78 is 1.87. The zero-order chi connectivity index (χ0) is 18.6. The van der Waals surface area contributed by atoms with Gasteiger partial charge < -0.3 is 15.5 Å². The van der Waals surface area contributed by atoms with Gasteiger partial charge in [-0.15, -0.1) is 0 Å². The molecule has 0 spiro atoms. The number of hydrogen-bond acceptors (Lipinski definition) is 3. The van der Waals surface area contributed by atoms with Crippen molar-refractivity contribution >= 4 is 5.96 Å². The number of aromatic nitrogens is 2. The van der Waals surface area contributed by atoms with E-state index in [1.54, 1.807) is 6.20 Å². The number of guanidine groups is 1. The van der Waals surface area contributed by atoms with Gasteiger partial charge >= 0.3 is 0 Å². The van der Waals surface area contributed by atoms with Crippen LogP contribution in [0.3, 0.4) is 0 Å². The molecule has 0 radical (unpaired) electrons. The lowest BCUT2D eigenvalue weighted by Gasteiger charge is -2.18. The summed E-state index contributed by atoms with van der Waals surface area (Å²) in [7, 11) is 3.98. The maximum absolute atomic E-state index is 4.29. The fourth-order valence-corrected chi connectivity index (χ4v) is 2.69. The van der Waals surface area contributed by atoms with Gasteiger partial charge in [-0.1, -0.05) is 25.5 Å². The lowest BCUT2D eigenvalue weighted by Crippen LogP contribution is -2.41. The molecule has 1 heterocycles. The Kier molecular flexibility index (Phi) is 8.69. The molecule has 0 bridgehead atoms. The molecule has 0 aliphatic heterocycles. The lowest BCUT2D eigenvalue weighted by molar-refractivity contribution is 0.332. The monoisotopic (exact) mass is 356 g/mol. The number of unbranched alkanes of at least 4 members (excludes halogenated alkanes) is 1. The van der Waals surface area contributed by atoms with Gasteiger partial charge in [-0.2, -0.15) is 5.10 Å². The number of aliphatic imine (C=N–C) groups is 1. The van der Waals surface area contributed by atoms with Crippen molar-refractivity contribution in [2.75, 3.05) is 40.3 Å². The predicted molar refractivity (Wildman–Crippen MR) is 109 cm³/mol. The van der Waals surface area contributed by atoms with Gasteiger partial charge in [0.15, 0.2) is 5.96 Å². The molecular weight excluding hydrogens is 324 g/mol. The van der Waals surface area contributed by atoms with Crippen LogP contribution in [0.2, 0.25) is 0 Å². The van der Waals surface area contributed by atoms with Gasteiger partial charge in [0.2, 0.25) is 0 Å². The van der Waals surface area contributed by atoms with Gasteiger partial charge in [0, 0.05) is 39.1 Å². The van der Waals surface area contributed by atoms with Crippen molar-refractivity contribution in [3.8, 4) is 5.69 Å². The topological polar surface area (TPSA) is 57.5 Å².